The number of anilines is 1. The second kappa shape index (κ2) is 9.24. The number of nitrogens with one attached hydrogen (secondary N) is 1. The Morgan fingerprint density at radius 3 is 1.85 bits per heavy atom. The fourth-order valence-electron chi connectivity index (χ4n) is 3.53. The molecule has 0 atom stereocenters. The van der Waals surface area contributed by atoms with Crippen LogP contribution in [0.3, 0.4) is 0 Å². The van der Waals surface area contributed by atoms with Crippen molar-refractivity contribution in [2.75, 3.05) is 5.32 Å². The van der Waals surface area contributed by atoms with Gasteiger partial charge in [-0.3, -0.25) is 0 Å². The number of aromatic nitrogens is 2. The van der Waals surface area contributed by atoms with Crippen molar-refractivity contribution in [3.63, 3.8) is 0 Å². The summed E-state index contributed by atoms with van der Waals surface area (Å²) in [5, 5.41) is 7.50. The molecule has 0 saturated carbocycles. The van der Waals surface area contributed by atoms with Gasteiger partial charge in [0, 0.05) is 23.0 Å². The highest BCUT2D eigenvalue weighted by atomic mass is 16.5. The van der Waals surface area contributed by atoms with Gasteiger partial charge in [0.15, 0.2) is 0 Å². The zero-order chi connectivity index (χ0) is 22.5. The maximum Gasteiger partial charge on any atom is 0.346 e. The molecule has 5 aromatic rings. The van der Waals surface area contributed by atoms with Crippen LogP contribution in [-0.2, 0) is 0 Å². The molecule has 5 heteroatoms. The zero-order valence-electron chi connectivity index (χ0n) is 17.8. The van der Waals surface area contributed by atoms with Gasteiger partial charge in [0.2, 0.25) is 0 Å². The molecule has 0 fully saturated rings. The van der Waals surface area contributed by atoms with Crippen molar-refractivity contribution < 1.29 is 9.53 Å². The predicted octanol–water partition coefficient (Wildman–Crippen LogP) is 7.09. The number of carbonyl (C=O) groups is 1. The molecule has 5 nitrogen and oxygen atoms in total. The molecule has 33 heavy (non-hydrogen) atoms. The predicted molar refractivity (Wildman–Crippen MR) is 130 cm³/mol. The molecule has 160 valence electrons. The van der Waals surface area contributed by atoms with Crippen LogP contribution in [0, 0.1) is 0 Å². The second-order valence-corrected chi connectivity index (χ2v) is 7.44. The van der Waals surface area contributed by atoms with Crippen LogP contribution in [0.25, 0.3) is 22.4 Å². The summed E-state index contributed by atoms with van der Waals surface area (Å²) in [6.45, 7) is 0. The highest BCUT2D eigenvalue weighted by Crippen LogP contribution is 2.31. The number of nitrogens with zero attached hydrogens (tertiary/aromatic N) is 2. The van der Waals surface area contributed by atoms with Crippen LogP contribution in [-0.4, -0.2) is 15.8 Å². The molecule has 1 amide bonds. The van der Waals surface area contributed by atoms with E-state index in [1.165, 1.54) is 4.68 Å². The van der Waals surface area contributed by atoms with Crippen molar-refractivity contribution in [1.82, 2.24) is 9.78 Å². The van der Waals surface area contributed by atoms with Gasteiger partial charge in [-0.2, -0.15) is 9.78 Å². The van der Waals surface area contributed by atoms with Crippen molar-refractivity contribution in [2.45, 2.75) is 0 Å². The fourth-order valence-corrected chi connectivity index (χ4v) is 3.53. The third-order valence-electron chi connectivity index (χ3n) is 5.14. The van der Waals surface area contributed by atoms with Gasteiger partial charge in [0.1, 0.15) is 17.2 Å². The Bertz CT molecular complexity index is 1290. The summed E-state index contributed by atoms with van der Waals surface area (Å²) < 4.78 is 7.16. The summed E-state index contributed by atoms with van der Waals surface area (Å²) in [7, 11) is 0. The third kappa shape index (κ3) is 4.67. The largest absolute Gasteiger partial charge is 0.457 e. The van der Waals surface area contributed by atoms with E-state index in [0.29, 0.717) is 11.4 Å². The Morgan fingerprint density at radius 2 is 1.21 bits per heavy atom. The first kappa shape index (κ1) is 20.3. The number of benzene rings is 4. The molecule has 0 aliphatic carbocycles. The molecule has 0 bridgehead atoms. The minimum Gasteiger partial charge on any atom is -0.457 e. The maximum absolute atomic E-state index is 13.0. The van der Waals surface area contributed by atoms with E-state index in [-0.39, 0.29) is 6.03 Å². The van der Waals surface area contributed by atoms with E-state index in [4.69, 9.17) is 4.74 Å². The molecule has 0 aliphatic heterocycles. The van der Waals surface area contributed by atoms with Gasteiger partial charge in [0.05, 0.1) is 0 Å². The van der Waals surface area contributed by atoms with Crippen molar-refractivity contribution in [2.24, 2.45) is 0 Å². The van der Waals surface area contributed by atoms with E-state index >= 15 is 0 Å². The lowest BCUT2D eigenvalue weighted by Gasteiger charge is -2.08. The molecule has 5 rings (SSSR count). The number of hydrogen-bond acceptors (Lipinski definition) is 3. The standard InChI is InChI=1S/C28H21N3O2/c32-28(29-23-16-18-25(19-17-23)33-24-14-8-3-9-15-24)31-20-26(21-10-4-1-5-11-21)27(30-31)22-12-6-2-7-13-22/h1-20H,(H,29,32). The Morgan fingerprint density at radius 1 is 0.667 bits per heavy atom. The summed E-state index contributed by atoms with van der Waals surface area (Å²) in [6, 6.07) is 36.2. The van der Waals surface area contributed by atoms with Gasteiger partial charge in [-0.05, 0) is 42.0 Å². The minimum absolute atomic E-state index is 0.342. The lowest BCUT2D eigenvalue weighted by Crippen LogP contribution is -2.19. The Labute approximate surface area is 191 Å². The zero-order valence-corrected chi connectivity index (χ0v) is 17.8. The summed E-state index contributed by atoms with van der Waals surface area (Å²) in [5.41, 5.74) is 4.24. The van der Waals surface area contributed by atoms with Crippen LogP contribution in [0.15, 0.2) is 121 Å². The van der Waals surface area contributed by atoms with Crippen LogP contribution in [0.4, 0.5) is 10.5 Å². The topological polar surface area (TPSA) is 56.1 Å². The Kier molecular flexibility index (Phi) is 5.68. The summed E-state index contributed by atoms with van der Waals surface area (Å²) in [5.74, 6) is 1.45. The van der Waals surface area contributed by atoms with E-state index in [1.807, 2.05) is 103 Å². The lowest BCUT2D eigenvalue weighted by molar-refractivity contribution is 0.251. The summed E-state index contributed by atoms with van der Waals surface area (Å²) >= 11 is 0. The number of ether oxygens (including phenoxy) is 1. The molecule has 0 aliphatic rings. The van der Waals surface area contributed by atoms with Crippen LogP contribution in [0.5, 0.6) is 11.5 Å². The van der Waals surface area contributed by atoms with E-state index < -0.39 is 0 Å². The number of amides is 1. The molecule has 1 heterocycles. The quantitative estimate of drug-likeness (QED) is 0.323. The van der Waals surface area contributed by atoms with Crippen LogP contribution in [0.1, 0.15) is 0 Å². The minimum atomic E-state index is -0.342. The smallest absolute Gasteiger partial charge is 0.346 e. The van der Waals surface area contributed by atoms with Gasteiger partial charge >= 0.3 is 6.03 Å². The van der Waals surface area contributed by atoms with Crippen LogP contribution < -0.4 is 10.1 Å². The van der Waals surface area contributed by atoms with Gasteiger partial charge in [0.25, 0.3) is 0 Å². The number of rotatable bonds is 5. The normalized spacial score (nSPS) is 10.5. The van der Waals surface area contributed by atoms with Crippen molar-refractivity contribution in [3.8, 4) is 33.9 Å². The second-order valence-electron chi connectivity index (χ2n) is 7.44. The van der Waals surface area contributed by atoms with E-state index in [2.05, 4.69) is 10.4 Å². The maximum atomic E-state index is 13.0. The fraction of sp³-hybridized carbons (Fsp3) is 0. The molecule has 0 spiro atoms. The van der Waals surface area contributed by atoms with Crippen molar-refractivity contribution in [3.05, 3.63) is 121 Å². The number of carbonyl (C=O) groups excluding carboxylic acids is 1. The lowest BCUT2D eigenvalue weighted by atomic mass is 10.0. The van der Waals surface area contributed by atoms with Gasteiger partial charge in [-0.25, -0.2) is 4.79 Å². The summed E-state index contributed by atoms with van der Waals surface area (Å²) in [6.07, 6.45) is 1.76. The molecule has 0 radical (unpaired) electrons. The van der Waals surface area contributed by atoms with Crippen molar-refractivity contribution in [1.29, 1.82) is 0 Å². The van der Waals surface area contributed by atoms with Gasteiger partial charge in [-0.15, -0.1) is 0 Å². The third-order valence-corrected chi connectivity index (χ3v) is 5.14. The van der Waals surface area contributed by atoms with Crippen LogP contribution >= 0.6 is 0 Å². The molecule has 1 aromatic heterocycles. The number of hydrogen-bond donors (Lipinski definition) is 1. The molecule has 0 unspecified atom stereocenters. The van der Waals surface area contributed by atoms with E-state index in [9.17, 15) is 4.79 Å². The Balaban J connectivity index is 1.38. The van der Waals surface area contributed by atoms with Crippen molar-refractivity contribution >= 4 is 11.7 Å². The highest BCUT2D eigenvalue weighted by molar-refractivity contribution is 5.92. The first-order valence-electron chi connectivity index (χ1n) is 10.6. The van der Waals surface area contributed by atoms with Crippen LogP contribution in [0.2, 0.25) is 0 Å². The Hall–Kier alpha value is -4.64. The molecule has 0 saturated heterocycles. The number of para-hydroxylation sites is 1. The first-order chi connectivity index (χ1) is 16.3. The molecular formula is C28H21N3O2. The highest BCUT2D eigenvalue weighted by Gasteiger charge is 2.16. The SMILES string of the molecule is O=C(Nc1ccc(Oc2ccccc2)cc1)n1cc(-c2ccccc2)c(-c2ccccc2)n1. The van der Waals surface area contributed by atoms with Gasteiger partial charge in [-0.1, -0.05) is 78.9 Å². The van der Waals surface area contributed by atoms with E-state index in [1.54, 1.807) is 18.3 Å². The molecular weight excluding hydrogens is 410 g/mol. The molecule has 1 N–H and O–H groups in total. The monoisotopic (exact) mass is 431 g/mol. The average molecular weight is 431 g/mol. The molecule has 4 aromatic carbocycles. The van der Waals surface area contributed by atoms with E-state index in [0.717, 1.165) is 28.1 Å². The average Bonchev–Trinajstić information content (AvgIpc) is 3.33. The van der Waals surface area contributed by atoms with Gasteiger partial charge < -0.3 is 10.1 Å². The summed E-state index contributed by atoms with van der Waals surface area (Å²) in [4.78, 5) is 13.0. The first-order valence-corrected chi connectivity index (χ1v) is 10.6.